The molecule has 0 aromatic heterocycles. The van der Waals surface area contributed by atoms with Gasteiger partial charge in [0.2, 0.25) is 0 Å². The maximum Gasteiger partial charge on any atom is 0.107 e. The first-order valence-corrected chi connectivity index (χ1v) is 10.7. The highest BCUT2D eigenvalue weighted by molar-refractivity contribution is 5.27. The second-order valence-corrected chi connectivity index (χ2v) is 8.08. The molecule has 0 spiro atoms. The van der Waals surface area contributed by atoms with Crippen molar-refractivity contribution in [1.82, 2.24) is 4.90 Å². The monoisotopic (exact) mass is 367 g/mol. The van der Waals surface area contributed by atoms with E-state index in [1.54, 1.807) is 0 Å². The normalized spacial score (nSPS) is 21.3. The Bertz CT molecular complexity index is 666. The molecule has 1 aliphatic rings. The van der Waals surface area contributed by atoms with Crippen molar-refractivity contribution in [3.05, 3.63) is 71.3 Å². The predicted octanol–water partition coefficient (Wildman–Crippen LogP) is 6.53. The average molecular weight is 368 g/mol. The summed E-state index contributed by atoms with van der Waals surface area (Å²) in [5, 5.41) is 0. The number of aryl methyl sites for hydroxylation is 1. The maximum atomic E-state index is 14.2. The highest BCUT2D eigenvalue weighted by atomic mass is 19.1. The Kier molecular flexibility index (Phi) is 7.46. The summed E-state index contributed by atoms with van der Waals surface area (Å²) in [4.78, 5) is 2.54. The first kappa shape index (κ1) is 20.1. The van der Waals surface area contributed by atoms with Crippen LogP contribution in [0.25, 0.3) is 0 Å². The molecule has 0 bridgehead atoms. The van der Waals surface area contributed by atoms with Gasteiger partial charge in [0.25, 0.3) is 0 Å². The lowest BCUT2D eigenvalue weighted by Gasteiger charge is -2.28. The van der Waals surface area contributed by atoms with E-state index in [2.05, 4.69) is 73.3 Å². The minimum absolute atomic E-state index is 0.119. The highest BCUT2D eigenvalue weighted by Gasteiger charge is 2.25. The van der Waals surface area contributed by atoms with Crippen molar-refractivity contribution in [3.8, 4) is 0 Å². The molecule has 1 saturated carbocycles. The SMILES string of the molecule is CCN(Cc1ccccc1)C(C)CCc1ccc(C2CCCCC2F)cc1. The number of rotatable bonds is 8. The predicted molar refractivity (Wildman–Crippen MR) is 113 cm³/mol. The molecule has 1 nitrogen and oxygen atoms in total. The van der Waals surface area contributed by atoms with Crippen molar-refractivity contribution in [1.29, 1.82) is 0 Å². The first-order chi connectivity index (χ1) is 13.2. The Morgan fingerprint density at radius 2 is 1.67 bits per heavy atom. The molecule has 0 aliphatic heterocycles. The van der Waals surface area contributed by atoms with Gasteiger partial charge in [-0.3, -0.25) is 4.90 Å². The quantitative estimate of drug-likeness (QED) is 0.513. The largest absolute Gasteiger partial charge is 0.297 e. The molecule has 27 heavy (non-hydrogen) atoms. The zero-order chi connectivity index (χ0) is 19.1. The van der Waals surface area contributed by atoms with Gasteiger partial charge in [-0.1, -0.05) is 74.4 Å². The van der Waals surface area contributed by atoms with Gasteiger partial charge in [-0.25, -0.2) is 4.39 Å². The van der Waals surface area contributed by atoms with Crippen LogP contribution in [0, 0.1) is 0 Å². The molecule has 3 rings (SSSR count). The standard InChI is InChI=1S/C25H34FN/c1-3-27(19-22-9-5-4-6-10-22)20(2)13-14-21-15-17-23(18-16-21)24-11-7-8-12-25(24)26/h4-6,9-10,15-18,20,24-25H,3,7-8,11-14,19H2,1-2H3. The second-order valence-electron chi connectivity index (χ2n) is 8.08. The Balaban J connectivity index is 1.52. The molecule has 1 fully saturated rings. The van der Waals surface area contributed by atoms with Crippen LogP contribution < -0.4 is 0 Å². The second kappa shape index (κ2) is 10.0. The van der Waals surface area contributed by atoms with Crippen LogP contribution in [0.5, 0.6) is 0 Å². The number of hydrogen-bond donors (Lipinski definition) is 0. The van der Waals surface area contributed by atoms with E-state index < -0.39 is 6.17 Å². The lowest BCUT2D eigenvalue weighted by atomic mass is 9.82. The van der Waals surface area contributed by atoms with Gasteiger partial charge < -0.3 is 0 Å². The first-order valence-electron chi connectivity index (χ1n) is 10.7. The molecular weight excluding hydrogens is 333 g/mol. The summed E-state index contributed by atoms with van der Waals surface area (Å²) in [6.45, 7) is 6.65. The van der Waals surface area contributed by atoms with Crippen LogP contribution in [0.3, 0.4) is 0 Å². The van der Waals surface area contributed by atoms with Crippen molar-refractivity contribution < 1.29 is 4.39 Å². The van der Waals surface area contributed by atoms with E-state index >= 15 is 0 Å². The summed E-state index contributed by atoms with van der Waals surface area (Å²) >= 11 is 0. The summed E-state index contributed by atoms with van der Waals surface area (Å²) in [5.74, 6) is 0.119. The van der Waals surface area contributed by atoms with E-state index in [9.17, 15) is 4.39 Å². The highest BCUT2D eigenvalue weighted by Crippen LogP contribution is 2.35. The molecule has 1 aliphatic carbocycles. The van der Waals surface area contributed by atoms with Gasteiger partial charge in [-0.05, 0) is 55.8 Å². The fourth-order valence-corrected chi connectivity index (χ4v) is 4.35. The van der Waals surface area contributed by atoms with E-state index in [-0.39, 0.29) is 5.92 Å². The van der Waals surface area contributed by atoms with E-state index in [0.717, 1.165) is 45.2 Å². The lowest BCUT2D eigenvalue weighted by molar-refractivity contribution is 0.201. The molecule has 0 N–H and O–H groups in total. The lowest BCUT2D eigenvalue weighted by Crippen LogP contribution is -2.32. The zero-order valence-corrected chi connectivity index (χ0v) is 16.9. The molecule has 0 amide bonds. The smallest absolute Gasteiger partial charge is 0.107 e. The molecule has 3 unspecified atom stereocenters. The van der Waals surface area contributed by atoms with Gasteiger partial charge in [-0.2, -0.15) is 0 Å². The summed E-state index contributed by atoms with van der Waals surface area (Å²) in [6.07, 6.45) is 5.52. The summed E-state index contributed by atoms with van der Waals surface area (Å²) in [6, 6.07) is 20.0. The molecule has 2 aromatic carbocycles. The third kappa shape index (κ3) is 5.65. The van der Waals surface area contributed by atoms with Crippen LogP contribution in [0.1, 0.15) is 68.6 Å². The summed E-state index contributed by atoms with van der Waals surface area (Å²) in [7, 11) is 0. The molecule has 0 radical (unpaired) electrons. The van der Waals surface area contributed by atoms with Crippen molar-refractivity contribution in [2.75, 3.05) is 6.54 Å². The van der Waals surface area contributed by atoms with Crippen molar-refractivity contribution in [2.24, 2.45) is 0 Å². The van der Waals surface area contributed by atoms with E-state index in [0.29, 0.717) is 6.04 Å². The van der Waals surface area contributed by atoms with Crippen LogP contribution in [-0.4, -0.2) is 23.7 Å². The van der Waals surface area contributed by atoms with Gasteiger partial charge in [0, 0.05) is 18.5 Å². The fourth-order valence-electron chi connectivity index (χ4n) is 4.35. The number of alkyl halides is 1. The average Bonchev–Trinajstić information content (AvgIpc) is 2.72. The van der Waals surface area contributed by atoms with E-state index in [4.69, 9.17) is 0 Å². The van der Waals surface area contributed by atoms with Crippen molar-refractivity contribution in [2.45, 2.75) is 77.0 Å². The van der Waals surface area contributed by atoms with Crippen LogP contribution in [0.4, 0.5) is 4.39 Å². The van der Waals surface area contributed by atoms with Crippen LogP contribution in [0.2, 0.25) is 0 Å². The van der Waals surface area contributed by atoms with E-state index in [1.807, 2.05) is 0 Å². The van der Waals surface area contributed by atoms with Crippen molar-refractivity contribution in [3.63, 3.8) is 0 Å². The van der Waals surface area contributed by atoms with Gasteiger partial charge >= 0.3 is 0 Å². The Morgan fingerprint density at radius 3 is 2.33 bits per heavy atom. The summed E-state index contributed by atoms with van der Waals surface area (Å²) < 4.78 is 14.2. The van der Waals surface area contributed by atoms with Gasteiger partial charge in [-0.15, -0.1) is 0 Å². The van der Waals surface area contributed by atoms with Crippen LogP contribution in [-0.2, 0) is 13.0 Å². The molecule has 3 atom stereocenters. The minimum Gasteiger partial charge on any atom is -0.297 e. The zero-order valence-electron chi connectivity index (χ0n) is 16.9. The Labute approximate surface area is 164 Å². The molecule has 2 heteroatoms. The molecule has 146 valence electrons. The van der Waals surface area contributed by atoms with Crippen LogP contribution in [0.15, 0.2) is 54.6 Å². The third-order valence-corrected chi connectivity index (χ3v) is 6.20. The van der Waals surface area contributed by atoms with Gasteiger partial charge in [0.05, 0.1) is 0 Å². The number of halogens is 1. The molecular formula is C25H34FN. The van der Waals surface area contributed by atoms with Gasteiger partial charge in [0.1, 0.15) is 6.17 Å². The third-order valence-electron chi connectivity index (χ3n) is 6.20. The topological polar surface area (TPSA) is 3.24 Å². The minimum atomic E-state index is -0.652. The molecule has 0 saturated heterocycles. The number of nitrogens with zero attached hydrogens (tertiary/aromatic N) is 1. The van der Waals surface area contributed by atoms with Gasteiger partial charge in [0.15, 0.2) is 0 Å². The fraction of sp³-hybridized carbons (Fsp3) is 0.520. The Morgan fingerprint density at radius 1 is 0.963 bits per heavy atom. The maximum absolute atomic E-state index is 14.2. The number of benzene rings is 2. The summed E-state index contributed by atoms with van der Waals surface area (Å²) in [5.41, 5.74) is 3.94. The molecule has 2 aromatic rings. The van der Waals surface area contributed by atoms with Crippen molar-refractivity contribution >= 4 is 0 Å². The van der Waals surface area contributed by atoms with Crippen LogP contribution >= 0.6 is 0 Å². The Hall–Kier alpha value is -1.67. The molecule has 0 heterocycles. The number of hydrogen-bond acceptors (Lipinski definition) is 1. The van der Waals surface area contributed by atoms with E-state index in [1.165, 1.54) is 23.1 Å².